The molecule has 0 aliphatic carbocycles. The van der Waals surface area contributed by atoms with Gasteiger partial charge in [-0.25, -0.2) is 0 Å². The van der Waals surface area contributed by atoms with E-state index in [9.17, 15) is 4.79 Å². The lowest BCUT2D eigenvalue weighted by Crippen LogP contribution is -2.44. The third kappa shape index (κ3) is 3.04. The maximum Gasteiger partial charge on any atom is 0.257 e. The lowest BCUT2D eigenvalue weighted by atomic mass is 10.0. The Morgan fingerprint density at radius 2 is 1.96 bits per heavy atom. The number of ether oxygens (including phenoxy) is 1. The summed E-state index contributed by atoms with van der Waals surface area (Å²) < 4.78 is 5.11. The summed E-state index contributed by atoms with van der Waals surface area (Å²) in [4.78, 5) is 17.9. The Hall–Kier alpha value is -2.86. The van der Waals surface area contributed by atoms with Gasteiger partial charge >= 0.3 is 0 Å². The number of aromatic amines is 1. The predicted molar refractivity (Wildman–Crippen MR) is 105 cm³/mol. The molecule has 1 aliphatic rings. The van der Waals surface area contributed by atoms with Crippen LogP contribution in [0.5, 0.6) is 5.75 Å². The third-order valence-electron chi connectivity index (χ3n) is 4.74. The van der Waals surface area contributed by atoms with Crippen LogP contribution < -0.4 is 10.1 Å². The lowest BCUT2D eigenvalue weighted by Gasteiger charge is -2.29. The van der Waals surface area contributed by atoms with E-state index in [4.69, 9.17) is 17.0 Å². The van der Waals surface area contributed by atoms with Gasteiger partial charge in [0, 0.05) is 28.7 Å². The van der Waals surface area contributed by atoms with Gasteiger partial charge in [-0.05, 0) is 54.5 Å². The number of thiocarbonyl (C=S) groups is 1. The van der Waals surface area contributed by atoms with Gasteiger partial charge in [-0.3, -0.25) is 10.1 Å². The number of fused-ring (bicyclic) bond motifs is 3. The fraction of sp³-hybridized carbons (Fsp3) is 0.200. The Bertz CT molecular complexity index is 978. The number of nitrogens with one attached hydrogen (secondary N) is 2. The van der Waals surface area contributed by atoms with Crippen molar-refractivity contribution in [3.63, 3.8) is 0 Å². The van der Waals surface area contributed by atoms with Gasteiger partial charge in [-0.1, -0.05) is 18.2 Å². The van der Waals surface area contributed by atoms with Gasteiger partial charge in [-0.15, -0.1) is 0 Å². The molecule has 26 heavy (non-hydrogen) atoms. The minimum atomic E-state index is -0.208. The Balaban J connectivity index is 1.46. The topological polar surface area (TPSA) is 57.4 Å². The molecule has 2 heterocycles. The maximum atomic E-state index is 12.4. The second kappa shape index (κ2) is 6.80. The number of rotatable bonds is 2. The molecule has 0 saturated heterocycles. The number of hydrogen-bond acceptors (Lipinski definition) is 3. The van der Waals surface area contributed by atoms with Crippen LogP contribution in [0.3, 0.4) is 0 Å². The maximum absolute atomic E-state index is 12.4. The zero-order valence-electron chi connectivity index (χ0n) is 14.4. The number of amides is 1. The molecule has 0 spiro atoms. The highest BCUT2D eigenvalue weighted by molar-refractivity contribution is 7.80. The molecular formula is C20H19N3O2S. The van der Waals surface area contributed by atoms with E-state index < -0.39 is 0 Å². The molecule has 4 rings (SSSR count). The summed E-state index contributed by atoms with van der Waals surface area (Å²) >= 11 is 5.46. The number of carbonyl (C=O) groups excluding carboxylic acids is 1. The Labute approximate surface area is 157 Å². The van der Waals surface area contributed by atoms with E-state index in [1.54, 1.807) is 31.4 Å². The number of hydrogen-bond donors (Lipinski definition) is 2. The molecule has 0 radical (unpaired) electrons. The van der Waals surface area contributed by atoms with Crippen LogP contribution in [0.1, 0.15) is 21.6 Å². The van der Waals surface area contributed by atoms with Crippen molar-refractivity contribution in [1.82, 2.24) is 15.2 Å². The number of methoxy groups -OCH3 is 1. The number of H-pyrrole nitrogens is 1. The second-order valence-corrected chi connectivity index (χ2v) is 6.67. The van der Waals surface area contributed by atoms with Crippen LogP contribution in [0, 0.1) is 0 Å². The standard InChI is InChI=1S/C20H19N3O2S/c1-25-14-8-6-13(7-9-14)19(24)22-20(26)23-11-10-16-15-4-2-3-5-17(15)21-18(16)12-23/h2-9,21H,10-12H2,1H3,(H,22,24,26). The Kier molecular flexibility index (Phi) is 4.34. The van der Waals surface area contributed by atoms with Crippen molar-refractivity contribution in [2.24, 2.45) is 0 Å². The fourth-order valence-corrected chi connectivity index (χ4v) is 3.61. The summed E-state index contributed by atoms with van der Waals surface area (Å²) in [5, 5.41) is 4.56. The van der Waals surface area contributed by atoms with Gasteiger partial charge in [0.1, 0.15) is 5.75 Å². The van der Waals surface area contributed by atoms with Crippen LogP contribution in [-0.4, -0.2) is 34.6 Å². The largest absolute Gasteiger partial charge is 0.497 e. The fourth-order valence-electron chi connectivity index (χ4n) is 3.36. The van der Waals surface area contributed by atoms with Crippen molar-refractivity contribution in [2.45, 2.75) is 13.0 Å². The third-order valence-corrected chi connectivity index (χ3v) is 5.10. The smallest absolute Gasteiger partial charge is 0.257 e. The highest BCUT2D eigenvalue weighted by Crippen LogP contribution is 2.27. The van der Waals surface area contributed by atoms with Crippen molar-refractivity contribution >= 4 is 34.1 Å². The van der Waals surface area contributed by atoms with Crippen LogP contribution in [0.25, 0.3) is 10.9 Å². The number of para-hydroxylation sites is 1. The van der Waals surface area contributed by atoms with Crippen molar-refractivity contribution in [3.05, 3.63) is 65.4 Å². The Morgan fingerprint density at radius 3 is 2.73 bits per heavy atom. The number of nitrogens with zero attached hydrogens (tertiary/aromatic N) is 1. The summed E-state index contributed by atoms with van der Waals surface area (Å²) in [6.07, 6.45) is 0.901. The summed E-state index contributed by atoms with van der Waals surface area (Å²) in [6.45, 7) is 1.46. The van der Waals surface area contributed by atoms with Crippen LogP contribution in [-0.2, 0) is 13.0 Å². The van der Waals surface area contributed by atoms with Gasteiger partial charge < -0.3 is 14.6 Å². The molecule has 2 N–H and O–H groups in total. The molecule has 5 nitrogen and oxygen atoms in total. The molecule has 0 bridgehead atoms. The lowest BCUT2D eigenvalue weighted by molar-refractivity contribution is 0.0972. The minimum absolute atomic E-state index is 0.208. The first-order valence-electron chi connectivity index (χ1n) is 8.48. The molecule has 0 unspecified atom stereocenters. The van der Waals surface area contributed by atoms with E-state index in [2.05, 4.69) is 28.5 Å². The van der Waals surface area contributed by atoms with E-state index in [-0.39, 0.29) is 5.91 Å². The molecule has 2 aromatic carbocycles. The average Bonchev–Trinajstić information content (AvgIpc) is 3.05. The molecular weight excluding hydrogens is 346 g/mol. The summed E-state index contributed by atoms with van der Waals surface area (Å²) in [7, 11) is 1.60. The molecule has 0 fully saturated rings. The van der Waals surface area contributed by atoms with Crippen LogP contribution >= 0.6 is 12.2 Å². The van der Waals surface area contributed by atoms with Crippen LogP contribution in [0.15, 0.2) is 48.5 Å². The number of benzene rings is 2. The molecule has 1 aliphatic heterocycles. The molecule has 0 saturated carbocycles. The van der Waals surface area contributed by atoms with Gasteiger partial charge in [0.05, 0.1) is 13.7 Å². The summed E-state index contributed by atoms with van der Waals surface area (Å²) in [6, 6.07) is 15.3. The predicted octanol–water partition coefficient (Wildman–Crippen LogP) is 3.25. The highest BCUT2D eigenvalue weighted by Gasteiger charge is 2.23. The summed E-state index contributed by atoms with van der Waals surface area (Å²) in [5.74, 6) is 0.506. The zero-order chi connectivity index (χ0) is 18.1. The van der Waals surface area contributed by atoms with Crippen molar-refractivity contribution in [2.75, 3.05) is 13.7 Å². The van der Waals surface area contributed by atoms with Crippen molar-refractivity contribution in [3.8, 4) is 5.75 Å². The van der Waals surface area contributed by atoms with E-state index in [0.717, 1.165) is 18.5 Å². The molecule has 1 amide bonds. The monoisotopic (exact) mass is 365 g/mol. The van der Waals surface area contributed by atoms with E-state index in [1.807, 2.05) is 11.0 Å². The molecule has 3 aromatic rings. The van der Waals surface area contributed by atoms with Crippen LogP contribution in [0.2, 0.25) is 0 Å². The molecule has 0 atom stereocenters. The zero-order valence-corrected chi connectivity index (χ0v) is 15.2. The minimum Gasteiger partial charge on any atom is -0.497 e. The average molecular weight is 365 g/mol. The molecule has 1 aromatic heterocycles. The van der Waals surface area contributed by atoms with Crippen LogP contribution in [0.4, 0.5) is 0 Å². The highest BCUT2D eigenvalue weighted by atomic mass is 32.1. The number of aromatic nitrogens is 1. The van der Waals surface area contributed by atoms with Crippen molar-refractivity contribution in [1.29, 1.82) is 0 Å². The SMILES string of the molecule is COc1ccc(C(=O)NC(=S)N2CCc3c([nH]c4ccccc34)C2)cc1. The number of carbonyl (C=O) groups is 1. The van der Waals surface area contributed by atoms with Gasteiger partial charge in [-0.2, -0.15) is 0 Å². The van der Waals surface area contributed by atoms with E-state index in [0.29, 0.717) is 23.0 Å². The van der Waals surface area contributed by atoms with Gasteiger partial charge in [0.25, 0.3) is 5.91 Å². The molecule has 6 heteroatoms. The first kappa shape index (κ1) is 16.6. The first-order chi connectivity index (χ1) is 12.7. The first-order valence-corrected chi connectivity index (χ1v) is 8.89. The Morgan fingerprint density at radius 1 is 1.19 bits per heavy atom. The quantitative estimate of drug-likeness (QED) is 0.685. The normalized spacial score (nSPS) is 13.3. The van der Waals surface area contributed by atoms with Gasteiger partial charge in [0.15, 0.2) is 5.11 Å². The van der Waals surface area contributed by atoms with Gasteiger partial charge in [0.2, 0.25) is 0 Å². The summed E-state index contributed by atoms with van der Waals surface area (Å²) in [5.41, 5.74) is 4.21. The molecule has 132 valence electrons. The van der Waals surface area contributed by atoms with E-state index >= 15 is 0 Å². The van der Waals surface area contributed by atoms with Crippen molar-refractivity contribution < 1.29 is 9.53 Å². The van der Waals surface area contributed by atoms with E-state index in [1.165, 1.54) is 16.6 Å². The second-order valence-electron chi connectivity index (χ2n) is 6.29.